The molecule has 0 spiro atoms. The van der Waals surface area contributed by atoms with Crippen LogP contribution >= 0.6 is 11.3 Å². The molecule has 0 radical (unpaired) electrons. The van der Waals surface area contributed by atoms with Crippen molar-refractivity contribution in [3.63, 3.8) is 0 Å². The molecule has 1 amide bonds. The van der Waals surface area contributed by atoms with Gasteiger partial charge in [0, 0.05) is 6.42 Å². The fraction of sp³-hybridized carbons (Fsp3) is 0.267. The molecule has 0 aliphatic rings. The number of halogens is 1. The number of hydrogen-bond donors (Lipinski definition) is 1. The van der Waals surface area contributed by atoms with E-state index < -0.39 is 0 Å². The van der Waals surface area contributed by atoms with E-state index in [1.54, 1.807) is 23.5 Å². The number of carbonyl (C=O) groups excluding carboxylic acids is 1. The summed E-state index contributed by atoms with van der Waals surface area (Å²) in [4.78, 5) is 11.8. The number of benzene rings is 1. The predicted octanol–water partition coefficient (Wildman–Crippen LogP) is 3.70. The smallest absolute Gasteiger partial charge is 0.220 e. The molecular weight excluding hydrogens is 261 g/mol. The van der Waals surface area contributed by atoms with Gasteiger partial charge in [0.05, 0.1) is 6.04 Å². The molecule has 0 bridgehead atoms. The first kappa shape index (κ1) is 13.7. The van der Waals surface area contributed by atoms with Gasteiger partial charge in [0.2, 0.25) is 5.91 Å². The molecule has 19 heavy (non-hydrogen) atoms. The van der Waals surface area contributed by atoms with Crippen LogP contribution in [0.4, 0.5) is 4.39 Å². The number of thiophene rings is 1. The molecule has 0 saturated carbocycles. The fourth-order valence-corrected chi connectivity index (χ4v) is 2.54. The molecule has 2 nitrogen and oxygen atoms in total. The van der Waals surface area contributed by atoms with Crippen molar-refractivity contribution in [2.24, 2.45) is 0 Å². The molecule has 1 heterocycles. The number of carbonyl (C=O) groups is 1. The monoisotopic (exact) mass is 277 g/mol. The molecule has 0 aliphatic heterocycles. The molecule has 0 unspecified atom stereocenters. The topological polar surface area (TPSA) is 29.1 Å². The summed E-state index contributed by atoms with van der Waals surface area (Å²) in [5.41, 5.74) is 2.10. The van der Waals surface area contributed by atoms with Gasteiger partial charge in [-0.2, -0.15) is 11.3 Å². The van der Waals surface area contributed by atoms with E-state index in [4.69, 9.17) is 0 Å². The summed E-state index contributed by atoms with van der Waals surface area (Å²) in [7, 11) is 0. The minimum absolute atomic E-state index is 0.0167. The number of aryl methyl sites for hydroxylation is 1. The first-order chi connectivity index (χ1) is 9.15. The van der Waals surface area contributed by atoms with Gasteiger partial charge in [0.25, 0.3) is 0 Å². The minimum atomic E-state index is -0.264. The summed E-state index contributed by atoms with van der Waals surface area (Å²) < 4.78 is 12.8. The van der Waals surface area contributed by atoms with Crippen molar-refractivity contribution in [2.45, 2.75) is 25.8 Å². The normalized spacial score (nSPS) is 12.1. The Morgan fingerprint density at radius 1 is 1.32 bits per heavy atom. The van der Waals surface area contributed by atoms with Crippen molar-refractivity contribution in [3.05, 3.63) is 58.0 Å². The lowest BCUT2D eigenvalue weighted by Crippen LogP contribution is -2.26. The van der Waals surface area contributed by atoms with E-state index >= 15 is 0 Å². The van der Waals surface area contributed by atoms with E-state index in [0.29, 0.717) is 6.42 Å². The van der Waals surface area contributed by atoms with Crippen molar-refractivity contribution in [1.82, 2.24) is 5.32 Å². The molecule has 0 saturated heterocycles. The van der Waals surface area contributed by atoms with Gasteiger partial charge in [-0.15, -0.1) is 0 Å². The van der Waals surface area contributed by atoms with E-state index in [1.165, 1.54) is 17.7 Å². The first-order valence-corrected chi connectivity index (χ1v) is 7.15. The Morgan fingerprint density at radius 3 is 2.68 bits per heavy atom. The van der Waals surface area contributed by atoms with Crippen molar-refractivity contribution in [2.75, 3.05) is 0 Å². The molecule has 0 fully saturated rings. The maximum atomic E-state index is 12.8. The van der Waals surface area contributed by atoms with E-state index in [0.717, 1.165) is 12.0 Å². The average Bonchev–Trinajstić information content (AvgIpc) is 2.90. The summed E-state index contributed by atoms with van der Waals surface area (Å²) in [6.07, 6.45) is 1.23. The third-order valence-corrected chi connectivity index (χ3v) is 3.70. The maximum absolute atomic E-state index is 12.8. The van der Waals surface area contributed by atoms with Gasteiger partial charge < -0.3 is 5.32 Å². The highest BCUT2D eigenvalue weighted by molar-refractivity contribution is 7.07. The lowest BCUT2D eigenvalue weighted by molar-refractivity contribution is -0.121. The molecular formula is C15H16FNOS. The van der Waals surface area contributed by atoms with Gasteiger partial charge in [-0.3, -0.25) is 4.79 Å². The van der Waals surface area contributed by atoms with Crippen LogP contribution in [0.25, 0.3) is 0 Å². The summed E-state index contributed by atoms with van der Waals surface area (Å²) in [6.45, 7) is 1.90. The van der Waals surface area contributed by atoms with Crippen LogP contribution in [0.5, 0.6) is 0 Å². The third kappa shape index (κ3) is 4.17. The number of amides is 1. The van der Waals surface area contributed by atoms with Gasteiger partial charge in [-0.05, 0) is 53.4 Å². The largest absolute Gasteiger partial charge is 0.350 e. The first-order valence-electron chi connectivity index (χ1n) is 6.21. The van der Waals surface area contributed by atoms with Crippen LogP contribution in [-0.2, 0) is 11.2 Å². The van der Waals surface area contributed by atoms with Gasteiger partial charge in [0.15, 0.2) is 0 Å². The van der Waals surface area contributed by atoms with Crippen LogP contribution in [0, 0.1) is 5.82 Å². The van der Waals surface area contributed by atoms with E-state index in [1.807, 2.05) is 18.4 Å². The quantitative estimate of drug-likeness (QED) is 0.887. The molecule has 0 aliphatic carbocycles. The van der Waals surface area contributed by atoms with Crippen LogP contribution in [0.3, 0.4) is 0 Å². The predicted molar refractivity (Wildman–Crippen MR) is 75.6 cm³/mol. The van der Waals surface area contributed by atoms with Crippen LogP contribution in [0.15, 0.2) is 41.1 Å². The summed E-state index contributed by atoms with van der Waals surface area (Å²) in [5.74, 6) is -0.247. The highest BCUT2D eigenvalue weighted by Crippen LogP contribution is 2.13. The highest BCUT2D eigenvalue weighted by Gasteiger charge is 2.09. The van der Waals surface area contributed by atoms with Crippen molar-refractivity contribution < 1.29 is 9.18 Å². The van der Waals surface area contributed by atoms with Crippen molar-refractivity contribution in [3.8, 4) is 0 Å². The molecule has 1 aromatic heterocycles. The third-order valence-electron chi connectivity index (χ3n) is 2.97. The number of nitrogens with one attached hydrogen (secondary N) is 1. The second-order valence-electron chi connectivity index (χ2n) is 4.47. The van der Waals surface area contributed by atoms with Gasteiger partial charge in [-0.25, -0.2) is 4.39 Å². The van der Waals surface area contributed by atoms with Gasteiger partial charge >= 0.3 is 0 Å². The lowest BCUT2D eigenvalue weighted by Gasteiger charge is -2.14. The fourth-order valence-electron chi connectivity index (χ4n) is 1.84. The Balaban J connectivity index is 1.83. The standard InChI is InChI=1S/C15H16FNOS/c1-11(13-3-5-14(16)6-4-13)17-15(18)7-2-12-8-9-19-10-12/h3-6,8-11H,2,7H2,1H3,(H,17,18)/t11-/m0/s1. The Bertz CT molecular complexity index is 522. The minimum Gasteiger partial charge on any atom is -0.350 e. The van der Waals surface area contributed by atoms with Crippen molar-refractivity contribution in [1.29, 1.82) is 0 Å². The summed E-state index contributed by atoms with van der Waals surface area (Å²) >= 11 is 1.64. The maximum Gasteiger partial charge on any atom is 0.220 e. The second kappa shape index (κ2) is 6.48. The van der Waals surface area contributed by atoms with Crippen molar-refractivity contribution >= 4 is 17.2 Å². The summed E-state index contributed by atoms with van der Waals surface area (Å²) in [5, 5.41) is 6.98. The molecule has 100 valence electrons. The molecule has 1 N–H and O–H groups in total. The average molecular weight is 277 g/mol. The van der Waals surface area contributed by atoms with Gasteiger partial charge in [-0.1, -0.05) is 12.1 Å². The Hall–Kier alpha value is -1.68. The second-order valence-corrected chi connectivity index (χ2v) is 5.25. The molecule has 1 atom stereocenters. The van der Waals surface area contributed by atoms with Crippen LogP contribution in [0.1, 0.15) is 30.5 Å². The summed E-state index contributed by atoms with van der Waals surface area (Å²) in [6, 6.07) is 8.13. The molecule has 4 heteroatoms. The number of hydrogen-bond acceptors (Lipinski definition) is 2. The molecule has 1 aromatic carbocycles. The highest BCUT2D eigenvalue weighted by atomic mass is 32.1. The zero-order chi connectivity index (χ0) is 13.7. The zero-order valence-corrected chi connectivity index (χ0v) is 11.5. The zero-order valence-electron chi connectivity index (χ0n) is 10.7. The lowest BCUT2D eigenvalue weighted by atomic mass is 10.1. The Kier molecular flexibility index (Phi) is 4.68. The van der Waals surface area contributed by atoms with Crippen LogP contribution in [-0.4, -0.2) is 5.91 Å². The Morgan fingerprint density at radius 2 is 2.05 bits per heavy atom. The van der Waals surface area contributed by atoms with Crippen LogP contribution in [0.2, 0.25) is 0 Å². The molecule has 2 rings (SSSR count). The number of rotatable bonds is 5. The van der Waals surface area contributed by atoms with Crippen LogP contribution < -0.4 is 5.32 Å². The Labute approximate surface area is 116 Å². The van der Waals surface area contributed by atoms with Gasteiger partial charge in [0.1, 0.15) is 5.82 Å². The van der Waals surface area contributed by atoms with E-state index in [9.17, 15) is 9.18 Å². The molecule has 2 aromatic rings. The van der Waals surface area contributed by atoms with E-state index in [2.05, 4.69) is 10.7 Å². The SMILES string of the molecule is C[C@H](NC(=O)CCc1ccsc1)c1ccc(F)cc1. The van der Waals surface area contributed by atoms with E-state index in [-0.39, 0.29) is 17.8 Å².